The molecular weight excluding hydrogens is 266 g/mol. The van der Waals surface area contributed by atoms with E-state index in [-0.39, 0.29) is 0 Å². The quantitative estimate of drug-likeness (QED) is 0.915. The largest absolute Gasteiger partial charge is 0.492 e. The van der Waals surface area contributed by atoms with Crippen molar-refractivity contribution in [2.45, 2.75) is 20.0 Å². The van der Waals surface area contributed by atoms with Crippen LogP contribution in [0, 0.1) is 0 Å². The highest BCUT2D eigenvalue weighted by molar-refractivity contribution is 5.71. The van der Waals surface area contributed by atoms with Gasteiger partial charge in [0.05, 0.1) is 12.3 Å². The Morgan fingerprint density at radius 1 is 1.33 bits per heavy atom. The van der Waals surface area contributed by atoms with E-state index in [1.807, 2.05) is 32.2 Å². The van der Waals surface area contributed by atoms with Gasteiger partial charge in [-0.25, -0.2) is 9.97 Å². The fourth-order valence-electron chi connectivity index (χ4n) is 2.44. The van der Waals surface area contributed by atoms with Crippen LogP contribution in [0.25, 0.3) is 11.3 Å². The average molecular weight is 285 g/mol. The van der Waals surface area contributed by atoms with Crippen molar-refractivity contribution in [1.82, 2.24) is 9.97 Å². The molecule has 1 aromatic carbocycles. The Bertz CT molecular complexity index is 643. The lowest BCUT2D eigenvalue weighted by atomic mass is 10.1. The van der Waals surface area contributed by atoms with Crippen molar-refractivity contribution in [2.75, 3.05) is 25.6 Å². The number of ether oxygens (including phenoxy) is 2. The molecular formula is C16H19N3O2. The summed E-state index contributed by atoms with van der Waals surface area (Å²) in [5, 5.41) is 3.07. The monoisotopic (exact) mass is 285 g/mol. The molecule has 0 aliphatic carbocycles. The van der Waals surface area contributed by atoms with Gasteiger partial charge in [-0.2, -0.15) is 0 Å². The van der Waals surface area contributed by atoms with Gasteiger partial charge in [-0.05, 0) is 18.6 Å². The van der Waals surface area contributed by atoms with E-state index >= 15 is 0 Å². The van der Waals surface area contributed by atoms with Crippen LogP contribution in [0.1, 0.15) is 18.3 Å². The lowest BCUT2D eigenvalue weighted by Crippen LogP contribution is -2.04. The summed E-state index contributed by atoms with van der Waals surface area (Å²) in [7, 11) is 1.85. The van der Waals surface area contributed by atoms with Crippen LogP contribution >= 0.6 is 0 Å². The first-order valence-corrected chi connectivity index (χ1v) is 7.20. The molecule has 21 heavy (non-hydrogen) atoms. The number of hydrogen-bond acceptors (Lipinski definition) is 5. The molecule has 0 saturated carbocycles. The lowest BCUT2D eigenvalue weighted by Gasteiger charge is -2.11. The number of benzene rings is 1. The summed E-state index contributed by atoms with van der Waals surface area (Å²) >= 11 is 0. The van der Waals surface area contributed by atoms with Gasteiger partial charge in [-0.15, -0.1) is 0 Å². The summed E-state index contributed by atoms with van der Waals surface area (Å²) < 4.78 is 11.2. The van der Waals surface area contributed by atoms with Crippen molar-refractivity contribution < 1.29 is 9.47 Å². The third-order valence-electron chi connectivity index (χ3n) is 3.45. The number of fused-ring (bicyclic) bond motifs is 1. The van der Waals surface area contributed by atoms with Crippen molar-refractivity contribution >= 4 is 5.82 Å². The average Bonchev–Trinajstić information content (AvgIpc) is 3.01. The van der Waals surface area contributed by atoms with Gasteiger partial charge in [-0.3, -0.25) is 0 Å². The van der Waals surface area contributed by atoms with Gasteiger partial charge in [0.1, 0.15) is 18.2 Å². The van der Waals surface area contributed by atoms with E-state index in [9.17, 15) is 0 Å². The molecule has 5 heteroatoms. The minimum Gasteiger partial charge on any atom is -0.492 e. The van der Waals surface area contributed by atoms with E-state index in [2.05, 4.69) is 21.4 Å². The normalized spacial score (nSPS) is 12.9. The van der Waals surface area contributed by atoms with Crippen LogP contribution in [0.3, 0.4) is 0 Å². The second-order valence-electron chi connectivity index (χ2n) is 4.83. The highest BCUT2D eigenvalue weighted by Gasteiger charge is 2.18. The Hall–Kier alpha value is -2.14. The second-order valence-corrected chi connectivity index (χ2v) is 4.83. The maximum absolute atomic E-state index is 5.77. The van der Waals surface area contributed by atoms with E-state index in [1.54, 1.807) is 0 Å². The molecule has 0 radical (unpaired) electrons. The molecule has 3 rings (SSSR count). The Morgan fingerprint density at radius 2 is 2.24 bits per heavy atom. The molecule has 5 nitrogen and oxygen atoms in total. The van der Waals surface area contributed by atoms with E-state index in [0.717, 1.165) is 35.9 Å². The number of para-hydroxylation sites is 1. The first-order chi connectivity index (χ1) is 10.3. The number of rotatable bonds is 5. The molecule has 0 spiro atoms. The van der Waals surface area contributed by atoms with E-state index < -0.39 is 0 Å². The van der Waals surface area contributed by atoms with Gasteiger partial charge in [-0.1, -0.05) is 12.1 Å². The minimum atomic E-state index is 0.412. The van der Waals surface area contributed by atoms with Gasteiger partial charge in [0.2, 0.25) is 0 Å². The van der Waals surface area contributed by atoms with Gasteiger partial charge in [0.15, 0.2) is 5.82 Å². The summed E-state index contributed by atoms with van der Waals surface area (Å²) in [4.78, 5) is 9.03. The molecule has 0 fully saturated rings. The van der Waals surface area contributed by atoms with Crippen LogP contribution in [0.2, 0.25) is 0 Å². The van der Waals surface area contributed by atoms with Crippen LogP contribution in [-0.2, 0) is 17.8 Å². The summed E-state index contributed by atoms with van der Waals surface area (Å²) in [6, 6.07) is 8.13. The fourth-order valence-corrected chi connectivity index (χ4v) is 2.44. The maximum Gasteiger partial charge on any atom is 0.157 e. The highest BCUT2D eigenvalue weighted by Crippen LogP contribution is 2.36. The maximum atomic E-state index is 5.77. The third-order valence-corrected chi connectivity index (χ3v) is 3.45. The zero-order valence-corrected chi connectivity index (χ0v) is 12.3. The molecule has 110 valence electrons. The fraction of sp³-hybridized carbons (Fsp3) is 0.375. The van der Waals surface area contributed by atoms with Crippen molar-refractivity contribution in [3.8, 4) is 17.0 Å². The number of nitrogens with zero attached hydrogens (tertiary/aromatic N) is 2. The Morgan fingerprint density at radius 3 is 3.05 bits per heavy atom. The smallest absolute Gasteiger partial charge is 0.157 e. The standard InChI is InChI=1S/C16H19N3O2/c1-3-20-10-15-18-13(9-14(17-2)19-15)12-6-4-5-11-7-8-21-16(11)12/h4-6,9H,3,7-8,10H2,1-2H3,(H,17,18,19). The lowest BCUT2D eigenvalue weighted by molar-refractivity contribution is 0.128. The zero-order chi connectivity index (χ0) is 14.7. The van der Waals surface area contributed by atoms with Gasteiger partial charge in [0, 0.05) is 31.7 Å². The molecule has 0 amide bonds. The number of nitrogens with one attached hydrogen (secondary N) is 1. The summed E-state index contributed by atoms with van der Waals surface area (Å²) in [6.07, 6.45) is 0.957. The highest BCUT2D eigenvalue weighted by atomic mass is 16.5. The van der Waals surface area contributed by atoms with E-state index in [4.69, 9.17) is 9.47 Å². The molecule has 2 aromatic rings. The van der Waals surface area contributed by atoms with Crippen molar-refractivity contribution in [1.29, 1.82) is 0 Å². The van der Waals surface area contributed by atoms with Crippen molar-refractivity contribution in [3.05, 3.63) is 35.7 Å². The van der Waals surface area contributed by atoms with Crippen LogP contribution in [0.15, 0.2) is 24.3 Å². The summed E-state index contributed by atoms with van der Waals surface area (Å²) in [6.45, 7) is 3.75. The zero-order valence-electron chi connectivity index (χ0n) is 12.3. The number of hydrogen-bond donors (Lipinski definition) is 1. The Balaban J connectivity index is 2.03. The summed E-state index contributed by atoms with van der Waals surface area (Å²) in [5.41, 5.74) is 3.12. The third kappa shape index (κ3) is 2.83. The molecule has 1 aliphatic heterocycles. The molecule has 0 atom stereocenters. The Labute approximate surface area is 124 Å². The predicted molar refractivity (Wildman–Crippen MR) is 81.5 cm³/mol. The molecule has 0 unspecified atom stereocenters. The van der Waals surface area contributed by atoms with Crippen LogP contribution in [0.5, 0.6) is 5.75 Å². The van der Waals surface area contributed by atoms with Gasteiger partial charge >= 0.3 is 0 Å². The first kappa shape index (κ1) is 13.8. The molecule has 1 N–H and O–H groups in total. The number of aromatic nitrogens is 2. The first-order valence-electron chi connectivity index (χ1n) is 7.20. The van der Waals surface area contributed by atoms with Crippen LogP contribution in [0.4, 0.5) is 5.82 Å². The van der Waals surface area contributed by atoms with E-state index in [1.165, 1.54) is 5.56 Å². The van der Waals surface area contributed by atoms with Gasteiger partial charge in [0.25, 0.3) is 0 Å². The SMILES string of the molecule is CCOCc1nc(NC)cc(-c2cccc3c2OCC3)n1. The summed E-state index contributed by atoms with van der Waals surface area (Å²) in [5.74, 6) is 2.40. The van der Waals surface area contributed by atoms with E-state index in [0.29, 0.717) is 19.0 Å². The molecule has 1 aromatic heterocycles. The molecule has 1 aliphatic rings. The topological polar surface area (TPSA) is 56.3 Å². The Kier molecular flexibility index (Phi) is 4.01. The van der Waals surface area contributed by atoms with Crippen LogP contribution in [-0.4, -0.2) is 30.2 Å². The minimum absolute atomic E-state index is 0.412. The van der Waals surface area contributed by atoms with Crippen molar-refractivity contribution in [2.24, 2.45) is 0 Å². The predicted octanol–water partition coefficient (Wildman–Crippen LogP) is 2.66. The second kappa shape index (κ2) is 6.10. The molecule has 2 heterocycles. The van der Waals surface area contributed by atoms with Crippen LogP contribution < -0.4 is 10.1 Å². The number of anilines is 1. The molecule has 0 bridgehead atoms. The van der Waals surface area contributed by atoms with Gasteiger partial charge < -0.3 is 14.8 Å². The van der Waals surface area contributed by atoms with Crippen molar-refractivity contribution in [3.63, 3.8) is 0 Å². The molecule has 0 saturated heterocycles.